The number of rotatable bonds is 7. The Balaban J connectivity index is 2.56. The summed E-state index contributed by atoms with van der Waals surface area (Å²) in [5.41, 5.74) is 0.970. The first-order valence-electron chi connectivity index (χ1n) is 5.93. The Hall–Kier alpha value is -1.81. The number of hydrogen-bond donors (Lipinski definition) is 2. The first-order chi connectivity index (χ1) is 8.69. The van der Waals surface area contributed by atoms with E-state index in [0.717, 1.165) is 11.3 Å². The molecule has 1 unspecified atom stereocenters. The largest absolute Gasteiger partial charge is 0.496 e. The van der Waals surface area contributed by atoms with E-state index in [9.17, 15) is 4.79 Å². The summed E-state index contributed by atoms with van der Waals surface area (Å²) < 4.78 is 5.27. The van der Waals surface area contributed by atoms with Gasteiger partial charge in [-0.2, -0.15) is 0 Å². The van der Waals surface area contributed by atoms with Crippen molar-refractivity contribution < 1.29 is 9.53 Å². The van der Waals surface area contributed by atoms with Crippen molar-refractivity contribution in [3.8, 4) is 5.75 Å². The fourth-order valence-corrected chi connectivity index (χ4v) is 1.68. The predicted octanol–water partition coefficient (Wildman–Crippen LogP) is 1.65. The van der Waals surface area contributed by atoms with Crippen LogP contribution in [0.3, 0.4) is 0 Å². The van der Waals surface area contributed by atoms with E-state index in [-0.39, 0.29) is 18.5 Å². The zero-order chi connectivity index (χ0) is 13.4. The Morgan fingerprint density at radius 2 is 2.22 bits per heavy atom. The van der Waals surface area contributed by atoms with Crippen molar-refractivity contribution in [2.45, 2.75) is 13.0 Å². The highest BCUT2D eigenvalue weighted by Crippen LogP contribution is 2.23. The molecule has 0 saturated heterocycles. The summed E-state index contributed by atoms with van der Waals surface area (Å²) in [6.07, 6.45) is 1.72. The smallest absolute Gasteiger partial charge is 0.234 e. The average Bonchev–Trinajstić information content (AvgIpc) is 2.39. The summed E-state index contributed by atoms with van der Waals surface area (Å²) in [5.74, 6) is 0.736. The van der Waals surface area contributed by atoms with Gasteiger partial charge in [-0.1, -0.05) is 24.3 Å². The van der Waals surface area contributed by atoms with Crippen LogP contribution in [0.5, 0.6) is 5.75 Å². The van der Waals surface area contributed by atoms with Crippen molar-refractivity contribution in [2.24, 2.45) is 0 Å². The number of amides is 1. The molecule has 0 radical (unpaired) electrons. The standard InChI is InChI=1S/C14H20N2O2/c1-4-9-15-10-14(17)16-11(2)12-7-5-6-8-13(12)18-3/h4-8,11,15H,1,9-10H2,2-3H3,(H,16,17). The maximum absolute atomic E-state index is 11.7. The maximum Gasteiger partial charge on any atom is 0.234 e. The monoisotopic (exact) mass is 248 g/mol. The van der Waals surface area contributed by atoms with Crippen molar-refractivity contribution in [3.63, 3.8) is 0 Å². The molecule has 0 aliphatic carbocycles. The number of methoxy groups -OCH3 is 1. The number of nitrogens with one attached hydrogen (secondary N) is 2. The van der Waals surface area contributed by atoms with Crippen LogP contribution >= 0.6 is 0 Å². The number of ether oxygens (including phenoxy) is 1. The molecule has 1 atom stereocenters. The molecule has 0 fully saturated rings. The third kappa shape index (κ3) is 4.22. The van der Waals surface area contributed by atoms with Gasteiger partial charge in [0, 0.05) is 12.1 Å². The van der Waals surface area contributed by atoms with Crippen molar-refractivity contribution in [1.29, 1.82) is 0 Å². The Labute approximate surface area is 108 Å². The SMILES string of the molecule is C=CCNCC(=O)NC(C)c1ccccc1OC. The number of benzene rings is 1. The fourth-order valence-electron chi connectivity index (χ4n) is 1.68. The topological polar surface area (TPSA) is 50.4 Å². The molecule has 4 heteroatoms. The molecule has 98 valence electrons. The van der Waals surface area contributed by atoms with Crippen molar-refractivity contribution in [2.75, 3.05) is 20.2 Å². The van der Waals surface area contributed by atoms with Crippen molar-refractivity contribution >= 4 is 5.91 Å². The van der Waals surface area contributed by atoms with E-state index >= 15 is 0 Å². The van der Waals surface area contributed by atoms with Crippen LogP contribution < -0.4 is 15.4 Å². The summed E-state index contributed by atoms with van der Waals surface area (Å²) in [6.45, 7) is 6.42. The van der Waals surface area contributed by atoms with Gasteiger partial charge in [0.25, 0.3) is 0 Å². The van der Waals surface area contributed by atoms with Gasteiger partial charge in [-0.3, -0.25) is 4.79 Å². The van der Waals surface area contributed by atoms with E-state index in [2.05, 4.69) is 17.2 Å². The van der Waals surface area contributed by atoms with E-state index in [0.29, 0.717) is 6.54 Å². The van der Waals surface area contributed by atoms with Crippen LogP contribution in [0, 0.1) is 0 Å². The van der Waals surface area contributed by atoms with Gasteiger partial charge < -0.3 is 15.4 Å². The molecule has 0 aliphatic rings. The van der Waals surface area contributed by atoms with Gasteiger partial charge >= 0.3 is 0 Å². The molecule has 0 saturated carbocycles. The molecule has 0 spiro atoms. The lowest BCUT2D eigenvalue weighted by atomic mass is 10.1. The molecule has 4 nitrogen and oxygen atoms in total. The van der Waals surface area contributed by atoms with E-state index < -0.39 is 0 Å². The average molecular weight is 248 g/mol. The molecular formula is C14H20N2O2. The molecule has 1 aromatic rings. The first kappa shape index (κ1) is 14.3. The summed E-state index contributed by atoms with van der Waals surface area (Å²) in [4.78, 5) is 11.7. The third-order valence-corrected chi connectivity index (χ3v) is 2.56. The Morgan fingerprint density at radius 1 is 1.50 bits per heavy atom. The zero-order valence-corrected chi connectivity index (χ0v) is 10.9. The first-order valence-corrected chi connectivity index (χ1v) is 5.93. The third-order valence-electron chi connectivity index (χ3n) is 2.56. The molecule has 18 heavy (non-hydrogen) atoms. The minimum atomic E-state index is -0.0841. The molecular weight excluding hydrogens is 228 g/mol. The van der Waals surface area contributed by atoms with Crippen LogP contribution in [0.25, 0.3) is 0 Å². The highest BCUT2D eigenvalue weighted by atomic mass is 16.5. The van der Waals surface area contributed by atoms with Gasteiger partial charge in [-0.25, -0.2) is 0 Å². The summed E-state index contributed by atoms with van der Waals surface area (Å²) in [5, 5.41) is 5.87. The zero-order valence-electron chi connectivity index (χ0n) is 10.9. The molecule has 1 aromatic carbocycles. The normalized spacial score (nSPS) is 11.7. The van der Waals surface area contributed by atoms with Crippen LogP contribution in [0.2, 0.25) is 0 Å². The van der Waals surface area contributed by atoms with E-state index in [1.165, 1.54) is 0 Å². The second-order valence-corrected chi connectivity index (χ2v) is 3.95. The van der Waals surface area contributed by atoms with E-state index in [1.807, 2.05) is 31.2 Å². The van der Waals surface area contributed by atoms with Gasteiger partial charge in [0.15, 0.2) is 0 Å². The summed E-state index contributed by atoms with van der Waals surface area (Å²) in [7, 11) is 1.62. The predicted molar refractivity (Wildman–Crippen MR) is 72.6 cm³/mol. The Morgan fingerprint density at radius 3 is 2.89 bits per heavy atom. The summed E-state index contributed by atoms with van der Waals surface area (Å²) in [6, 6.07) is 7.58. The molecule has 0 aromatic heterocycles. The molecule has 2 N–H and O–H groups in total. The second-order valence-electron chi connectivity index (χ2n) is 3.95. The second kappa shape index (κ2) is 7.50. The van der Waals surface area contributed by atoms with E-state index in [4.69, 9.17) is 4.74 Å². The van der Waals surface area contributed by atoms with Gasteiger partial charge in [-0.15, -0.1) is 6.58 Å². The van der Waals surface area contributed by atoms with Crippen LogP contribution in [0.4, 0.5) is 0 Å². The Bertz CT molecular complexity index is 405. The quantitative estimate of drug-likeness (QED) is 0.570. The number of carbonyl (C=O) groups is 1. The molecule has 1 rings (SSSR count). The molecule has 0 bridgehead atoms. The minimum absolute atomic E-state index is 0.0461. The van der Waals surface area contributed by atoms with E-state index in [1.54, 1.807) is 13.2 Å². The number of carbonyl (C=O) groups excluding carboxylic acids is 1. The van der Waals surface area contributed by atoms with Gasteiger partial charge in [0.05, 0.1) is 19.7 Å². The number of hydrogen-bond acceptors (Lipinski definition) is 3. The Kier molecular flexibility index (Phi) is 5.94. The lowest BCUT2D eigenvalue weighted by Gasteiger charge is -2.17. The van der Waals surface area contributed by atoms with Gasteiger partial charge in [0.1, 0.15) is 5.75 Å². The lowest BCUT2D eigenvalue weighted by molar-refractivity contribution is -0.120. The highest BCUT2D eigenvalue weighted by molar-refractivity contribution is 5.78. The number of para-hydroxylation sites is 1. The van der Waals surface area contributed by atoms with Crippen molar-refractivity contribution in [3.05, 3.63) is 42.5 Å². The summed E-state index contributed by atoms with van der Waals surface area (Å²) >= 11 is 0. The lowest BCUT2D eigenvalue weighted by Crippen LogP contribution is -2.35. The highest BCUT2D eigenvalue weighted by Gasteiger charge is 2.12. The minimum Gasteiger partial charge on any atom is -0.496 e. The molecule has 0 aliphatic heterocycles. The fraction of sp³-hybridized carbons (Fsp3) is 0.357. The van der Waals surface area contributed by atoms with Crippen LogP contribution in [-0.2, 0) is 4.79 Å². The molecule has 0 heterocycles. The van der Waals surface area contributed by atoms with Gasteiger partial charge in [0.2, 0.25) is 5.91 Å². The van der Waals surface area contributed by atoms with Crippen LogP contribution in [-0.4, -0.2) is 26.1 Å². The van der Waals surface area contributed by atoms with Crippen LogP contribution in [0.1, 0.15) is 18.5 Å². The van der Waals surface area contributed by atoms with Gasteiger partial charge in [-0.05, 0) is 13.0 Å². The maximum atomic E-state index is 11.7. The van der Waals surface area contributed by atoms with Crippen LogP contribution in [0.15, 0.2) is 36.9 Å². The van der Waals surface area contributed by atoms with Crippen molar-refractivity contribution in [1.82, 2.24) is 10.6 Å². The molecule has 1 amide bonds.